The third-order valence-electron chi connectivity index (χ3n) is 1.92. The van der Waals surface area contributed by atoms with Crippen LogP contribution in [0.4, 0.5) is 0 Å². The zero-order valence-corrected chi connectivity index (χ0v) is 8.45. The molecule has 2 heteroatoms. The van der Waals surface area contributed by atoms with Gasteiger partial charge >= 0.3 is 0 Å². The van der Waals surface area contributed by atoms with Crippen LogP contribution in [0, 0.1) is 6.92 Å². The van der Waals surface area contributed by atoms with Crippen molar-refractivity contribution >= 4 is 11.2 Å². The Kier molecular flexibility index (Phi) is 7.18. The van der Waals surface area contributed by atoms with Crippen LogP contribution in [0.1, 0.15) is 39.0 Å². The third-order valence-corrected chi connectivity index (χ3v) is 3.33. The highest BCUT2D eigenvalue weighted by Gasteiger charge is 2.14. The molecule has 0 amide bonds. The van der Waals surface area contributed by atoms with E-state index < -0.39 is 11.2 Å². The van der Waals surface area contributed by atoms with Gasteiger partial charge in [0.2, 0.25) is 0 Å². The van der Waals surface area contributed by atoms with Crippen molar-refractivity contribution in [1.29, 1.82) is 0 Å². The van der Waals surface area contributed by atoms with Crippen LogP contribution in [0.5, 0.6) is 0 Å². The number of rotatable bonds is 6. The van der Waals surface area contributed by atoms with Crippen molar-refractivity contribution in [2.45, 2.75) is 44.3 Å². The van der Waals surface area contributed by atoms with Gasteiger partial charge < -0.3 is 4.55 Å². The summed E-state index contributed by atoms with van der Waals surface area (Å²) in [6.45, 7) is 5.98. The molecule has 67 valence electrons. The molecule has 0 aliphatic heterocycles. The Hall–Kier alpha value is 0.310. The van der Waals surface area contributed by atoms with E-state index in [1.165, 1.54) is 19.3 Å². The lowest BCUT2D eigenvalue weighted by Crippen LogP contribution is -2.18. The zero-order chi connectivity index (χ0) is 8.69. The molecule has 0 bridgehead atoms. The minimum atomic E-state index is -0.669. The molecule has 0 aromatic rings. The SMILES string of the molecule is [CH2]CC(CCCCC)[S+](C)[O-]. The lowest BCUT2D eigenvalue weighted by atomic mass is 10.1. The van der Waals surface area contributed by atoms with Gasteiger partial charge in [0.1, 0.15) is 5.25 Å². The van der Waals surface area contributed by atoms with Gasteiger partial charge in [-0.25, -0.2) is 0 Å². The second-order valence-electron chi connectivity index (χ2n) is 2.91. The van der Waals surface area contributed by atoms with E-state index in [2.05, 4.69) is 13.8 Å². The molecule has 2 atom stereocenters. The average molecular weight is 175 g/mol. The van der Waals surface area contributed by atoms with Gasteiger partial charge in [-0.2, -0.15) is 0 Å². The molecule has 0 fully saturated rings. The van der Waals surface area contributed by atoms with Gasteiger partial charge in [-0.05, 0) is 26.2 Å². The fraction of sp³-hybridized carbons (Fsp3) is 0.889. The maximum Gasteiger partial charge on any atom is 0.115 e. The summed E-state index contributed by atoms with van der Waals surface area (Å²) in [6, 6.07) is 0. The lowest BCUT2D eigenvalue weighted by Gasteiger charge is -2.16. The van der Waals surface area contributed by atoms with E-state index in [1.54, 1.807) is 6.26 Å². The molecule has 1 radical (unpaired) electrons. The van der Waals surface area contributed by atoms with E-state index in [4.69, 9.17) is 0 Å². The van der Waals surface area contributed by atoms with Crippen molar-refractivity contribution in [2.75, 3.05) is 6.26 Å². The first-order valence-corrected chi connectivity index (χ1v) is 5.96. The molecular formula is C9H19OS. The Morgan fingerprint density at radius 2 is 2.09 bits per heavy atom. The van der Waals surface area contributed by atoms with Gasteiger partial charge in [-0.3, -0.25) is 0 Å². The highest BCUT2D eigenvalue weighted by molar-refractivity contribution is 7.91. The molecule has 1 nitrogen and oxygen atoms in total. The van der Waals surface area contributed by atoms with E-state index in [0.29, 0.717) is 5.25 Å². The first-order chi connectivity index (χ1) is 5.22. The molecule has 0 saturated heterocycles. The monoisotopic (exact) mass is 175 g/mol. The van der Waals surface area contributed by atoms with Crippen LogP contribution >= 0.6 is 0 Å². The van der Waals surface area contributed by atoms with Crippen molar-refractivity contribution in [2.24, 2.45) is 0 Å². The van der Waals surface area contributed by atoms with Gasteiger partial charge in [0, 0.05) is 0 Å². The Morgan fingerprint density at radius 3 is 2.45 bits per heavy atom. The van der Waals surface area contributed by atoms with Crippen LogP contribution in [-0.4, -0.2) is 16.1 Å². The molecule has 0 saturated carbocycles. The smallest absolute Gasteiger partial charge is 0.115 e. The van der Waals surface area contributed by atoms with Crippen LogP contribution in [0.25, 0.3) is 0 Å². The van der Waals surface area contributed by atoms with Gasteiger partial charge in [0.25, 0.3) is 0 Å². The van der Waals surface area contributed by atoms with Crippen LogP contribution in [0.3, 0.4) is 0 Å². The molecule has 2 unspecified atom stereocenters. The molecule has 0 heterocycles. The first-order valence-electron chi connectivity index (χ1n) is 4.33. The van der Waals surface area contributed by atoms with Crippen LogP contribution in [-0.2, 0) is 11.2 Å². The van der Waals surface area contributed by atoms with Crippen molar-refractivity contribution < 1.29 is 4.55 Å². The summed E-state index contributed by atoms with van der Waals surface area (Å²) in [5, 5.41) is 0.335. The van der Waals surface area contributed by atoms with E-state index in [-0.39, 0.29) is 0 Å². The van der Waals surface area contributed by atoms with Crippen molar-refractivity contribution in [3.63, 3.8) is 0 Å². The predicted octanol–water partition coefficient (Wildman–Crippen LogP) is 2.54. The Morgan fingerprint density at radius 1 is 1.45 bits per heavy atom. The molecular weight excluding hydrogens is 156 g/mol. The van der Waals surface area contributed by atoms with Gasteiger partial charge in [0.05, 0.1) is 6.26 Å². The fourth-order valence-electron chi connectivity index (χ4n) is 1.10. The molecule has 0 aliphatic carbocycles. The van der Waals surface area contributed by atoms with E-state index in [1.807, 2.05) is 0 Å². The summed E-state index contributed by atoms with van der Waals surface area (Å²) in [5.41, 5.74) is 0. The van der Waals surface area contributed by atoms with E-state index in [0.717, 1.165) is 12.8 Å². The van der Waals surface area contributed by atoms with Crippen molar-refractivity contribution in [3.05, 3.63) is 6.92 Å². The Balaban J connectivity index is 3.36. The summed E-state index contributed by atoms with van der Waals surface area (Å²) < 4.78 is 11.0. The van der Waals surface area contributed by atoms with Gasteiger partial charge in [-0.15, -0.1) is 0 Å². The van der Waals surface area contributed by atoms with Crippen LogP contribution in [0.15, 0.2) is 0 Å². The van der Waals surface area contributed by atoms with Crippen molar-refractivity contribution in [1.82, 2.24) is 0 Å². The number of hydrogen-bond donors (Lipinski definition) is 0. The summed E-state index contributed by atoms with van der Waals surface area (Å²) in [5.74, 6) is 0. The maximum atomic E-state index is 11.0. The Bertz CT molecular complexity index is 83.6. The summed E-state index contributed by atoms with van der Waals surface area (Å²) in [4.78, 5) is 0. The molecule has 0 rings (SSSR count). The third kappa shape index (κ3) is 5.57. The number of hydrogen-bond acceptors (Lipinski definition) is 1. The molecule has 11 heavy (non-hydrogen) atoms. The highest BCUT2D eigenvalue weighted by Crippen LogP contribution is 2.13. The molecule has 0 N–H and O–H groups in total. The summed E-state index contributed by atoms with van der Waals surface area (Å²) in [7, 11) is 0. The standard InChI is InChI=1S/C9H19OS/c1-4-6-7-8-9(5-2)11(3)10/h9H,2,4-8H2,1,3H3. The second kappa shape index (κ2) is 6.99. The summed E-state index contributed by atoms with van der Waals surface area (Å²) >= 11 is -0.669. The largest absolute Gasteiger partial charge is 0.616 e. The second-order valence-corrected chi connectivity index (χ2v) is 4.57. The van der Waals surface area contributed by atoms with Gasteiger partial charge in [0.15, 0.2) is 0 Å². The van der Waals surface area contributed by atoms with Crippen molar-refractivity contribution in [3.8, 4) is 0 Å². The summed E-state index contributed by atoms with van der Waals surface area (Å²) in [6.07, 6.45) is 7.37. The fourth-order valence-corrected chi connectivity index (χ4v) is 1.93. The van der Waals surface area contributed by atoms with E-state index >= 15 is 0 Å². The Labute approximate surface area is 73.8 Å². The predicted molar refractivity (Wildman–Crippen MR) is 52.0 cm³/mol. The molecule has 0 aromatic heterocycles. The average Bonchev–Trinajstić information content (AvgIpc) is 1.97. The number of unbranched alkanes of at least 4 members (excludes halogenated alkanes) is 2. The van der Waals surface area contributed by atoms with Crippen LogP contribution < -0.4 is 0 Å². The minimum absolute atomic E-state index is 0.335. The first kappa shape index (κ1) is 11.3. The van der Waals surface area contributed by atoms with E-state index in [9.17, 15) is 4.55 Å². The van der Waals surface area contributed by atoms with Crippen LogP contribution in [0.2, 0.25) is 0 Å². The maximum absolute atomic E-state index is 11.0. The molecule has 0 aromatic carbocycles. The highest BCUT2D eigenvalue weighted by atomic mass is 32.2. The topological polar surface area (TPSA) is 23.1 Å². The lowest BCUT2D eigenvalue weighted by molar-refractivity contribution is 0.563. The quantitative estimate of drug-likeness (QED) is 0.449. The zero-order valence-electron chi connectivity index (χ0n) is 7.64. The molecule has 0 aliphatic rings. The normalized spacial score (nSPS) is 16.4. The molecule has 0 spiro atoms. The van der Waals surface area contributed by atoms with Gasteiger partial charge in [-0.1, -0.05) is 30.9 Å². The minimum Gasteiger partial charge on any atom is -0.616 e.